The Morgan fingerprint density at radius 1 is 1.19 bits per heavy atom. The smallest absolute Gasteiger partial charge is 0.120 e. The van der Waals surface area contributed by atoms with Gasteiger partial charge in [0, 0.05) is 30.2 Å². The fraction of sp³-hybridized carbons (Fsp3) is 0.238. The first kappa shape index (κ1) is 18.7. The van der Waals surface area contributed by atoms with Gasteiger partial charge in [0.25, 0.3) is 0 Å². The van der Waals surface area contributed by atoms with Gasteiger partial charge in [-0.1, -0.05) is 18.2 Å². The summed E-state index contributed by atoms with van der Waals surface area (Å²) in [6.45, 7) is 1.86. The van der Waals surface area contributed by atoms with E-state index in [1.807, 2.05) is 72.2 Å². The average Bonchev–Trinajstić information content (AvgIpc) is 3.15. The molecule has 27 heavy (non-hydrogen) atoms. The molecule has 3 rings (SSSR count). The average molecular weight is 363 g/mol. The molecule has 0 aliphatic rings. The normalized spacial score (nSPS) is 10.9. The SMILES string of the molecule is CN(C)CC(=N)c1cc(-c2cccc(OCCn3ccnc3)c2)ccc1N. The summed E-state index contributed by atoms with van der Waals surface area (Å²) in [5.41, 5.74) is 10.0. The second-order valence-corrected chi connectivity index (χ2v) is 6.70. The molecule has 0 bridgehead atoms. The molecule has 6 heteroatoms. The lowest BCUT2D eigenvalue weighted by molar-refractivity contribution is 0.298. The summed E-state index contributed by atoms with van der Waals surface area (Å²) in [7, 11) is 3.89. The summed E-state index contributed by atoms with van der Waals surface area (Å²) in [6.07, 6.45) is 5.45. The van der Waals surface area contributed by atoms with Gasteiger partial charge in [0.2, 0.25) is 0 Å². The molecule has 0 saturated heterocycles. The quantitative estimate of drug-likeness (QED) is 0.476. The molecule has 0 aliphatic carbocycles. The van der Waals surface area contributed by atoms with Gasteiger partial charge in [0.15, 0.2) is 0 Å². The number of rotatable bonds is 8. The molecule has 3 N–H and O–H groups in total. The van der Waals surface area contributed by atoms with Crippen LogP contribution in [-0.4, -0.2) is 47.4 Å². The van der Waals surface area contributed by atoms with Gasteiger partial charge in [-0.15, -0.1) is 0 Å². The number of nitrogen functional groups attached to an aromatic ring is 1. The van der Waals surface area contributed by atoms with E-state index in [0.29, 0.717) is 24.6 Å². The molecule has 140 valence electrons. The minimum Gasteiger partial charge on any atom is -0.492 e. The zero-order valence-electron chi connectivity index (χ0n) is 15.7. The van der Waals surface area contributed by atoms with Crippen molar-refractivity contribution in [1.82, 2.24) is 14.5 Å². The van der Waals surface area contributed by atoms with Crippen LogP contribution in [0.3, 0.4) is 0 Å². The first-order valence-corrected chi connectivity index (χ1v) is 8.84. The van der Waals surface area contributed by atoms with E-state index in [0.717, 1.165) is 29.0 Å². The van der Waals surface area contributed by atoms with Gasteiger partial charge in [-0.3, -0.25) is 0 Å². The maximum Gasteiger partial charge on any atom is 0.120 e. The Bertz CT molecular complexity index is 903. The molecule has 0 atom stereocenters. The van der Waals surface area contributed by atoms with Crippen LogP contribution < -0.4 is 10.5 Å². The number of benzene rings is 2. The molecular weight excluding hydrogens is 338 g/mol. The number of ether oxygens (including phenoxy) is 1. The van der Waals surface area contributed by atoms with Crippen LogP contribution in [0.15, 0.2) is 61.2 Å². The number of nitrogens with zero attached hydrogens (tertiary/aromatic N) is 3. The lowest BCUT2D eigenvalue weighted by Crippen LogP contribution is -2.22. The molecule has 0 amide bonds. The van der Waals surface area contributed by atoms with E-state index in [9.17, 15) is 0 Å². The number of hydrogen-bond donors (Lipinski definition) is 2. The third kappa shape index (κ3) is 4.95. The predicted octanol–water partition coefficient (Wildman–Crippen LogP) is 3.14. The van der Waals surface area contributed by atoms with Crippen molar-refractivity contribution in [3.63, 3.8) is 0 Å². The number of anilines is 1. The van der Waals surface area contributed by atoms with Crippen molar-refractivity contribution in [3.8, 4) is 16.9 Å². The fourth-order valence-corrected chi connectivity index (χ4v) is 2.85. The van der Waals surface area contributed by atoms with E-state index in [2.05, 4.69) is 4.98 Å². The Labute approximate surface area is 159 Å². The Morgan fingerprint density at radius 3 is 2.74 bits per heavy atom. The van der Waals surface area contributed by atoms with Gasteiger partial charge in [0.05, 0.1) is 18.6 Å². The van der Waals surface area contributed by atoms with Crippen LogP contribution in [0.1, 0.15) is 5.56 Å². The highest BCUT2D eigenvalue weighted by molar-refractivity contribution is 6.04. The Morgan fingerprint density at radius 2 is 2.00 bits per heavy atom. The molecule has 0 radical (unpaired) electrons. The number of likely N-dealkylation sites (N-methyl/N-ethyl adjacent to an activating group) is 1. The maximum atomic E-state index is 8.31. The molecule has 2 aromatic carbocycles. The zero-order valence-corrected chi connectivity index (χ0v) is 15.7. The zero-order chi connectivity index (χ0) is 19.2. The van der Waals surface area contributed by atoms with Gasteiger partial charge in [-0.2, -0.15) is 0 Å². The van der Waals surface area contributed by atoms with E-state index in [1.54, 1.807) is 12.5 Å². The number of imidazole rings is 1. The molecule has 0 fully saturated rings. The molecule has 0 aliphatic heterocycles. The van der Waals surface area contributed by atoms with E-state index in [1.165, 1.54) is 0 Å². The largest absolute Gasteiger partial charge is 0.492 e. The van der Waals surface area contributed by atoms with Crippen LogP contribution in [0.5, 0.6) is 5.75 Å². The van der Waals surface area contributed by atoms with Crippen molar-refractivity contribution in [3.05, 3.63) is 66.7 Å². The highest BCUT2D eigenvalue weighted by atomic mass is 16.5. The Balaban J connectivity index is 1.75. The van der Waals surface area contributed by atoms with Crippen molar-refractivity contribution < 1.29 is 4.74 Å². The predicted molar refractivity (Wildman–Crippen MR) is 109 cm³/mol. The molecule has 0 unspecified atom stereocenters. The number of nitrogens with two attached hydrogens (primary N) is 1. The van der Waals surface area contributed by atoms with Gasteiger partial charge < -0.3 is 25.3 Å². The third-order valence-corrected chi connectivity index (χ3v) is 4.20. The molecule has 3 aromatic rings. The van der Waals surface area contributed by atoms with Crippen LogP contribution in [0.2, 0.25) is 0 Å². The van der Waals surface area contributed by atoms with E-state index in [4.69, 9.17) is 15.9 Å². The van der Waals surface area contributed by atoms with Crippen molar-refractivity contribution >= 4 is 11.4 Å². The van der Waals surface area contributed by atoms with Crippen LogP contribution >= 0.6 is 0 Å². The molecule has 1 heterocycles. The fourth-order valence-electron chi connectivity index (χ4n) is 2.85. The summed E-state index contributed by atoms with van der Waals surface area (Å²) in [6, 6.07) is 13.8. The third-order valence-electron chi connectivity index (χ3n) is 4.20. The second-order valence-electron chi connectivity index (χ2n) is 6.70. The second kappa shape index (κ2) is 8.51. The van der Waals surface area contributed by atoms with Crippen molar-refractivity contribution in [2.24, 2.45) is 0 Å². The first-order chi connectivity index (χ1) is 13.0. The Hall–Kier alpha value is -3.12. The summed E-state index contributed by atoms with van der Waals surface area (Å²) >= 11 is 0. The molecule has 0 saturated carbocycles. The summed E-state index contributed by atoms with van der Waals surface area (Å²) in [4.78, 5) is 5.99. The van der Waals surface area contributed by atoms with Crippen molar-refractivity contribution in [2.45, 2.75) is 6.54 Å². The van der Waals surface area contributed by atoms with E-state index in [-0.39, 0.29) is 0 Å². The summed E-state index contributed by atoms with van der Waals surface area (Å²) < 4.78 is 7.85. The number of nitrogens with one attached hydrogen (secondary N) is 1. The highest BCUT2D eigenvalue weighted by Gasteiger charge is 2.10. The van der Waals surface area contributed by atoms with E-state index >= 15 is 0 Å². The summed E-state index contributed by atoms with van der Waals surface area (Å²) in [5, 5.41) is 8.31. The van der Waals surface area contributed by atoms with E-state index < -0.39 is 0 Å². The van der Waals surface area contributed by atoms with Crippen LogP contribution in [0.4, 0.5) is 5.69 Å². The lowest BCUT2D eigenvalue weighted by atomic mass is 9.99. The molecule has 6 nitrogen and oxygen atoms in total. The van der Waals surface area contributed by atoms with Gasteiger partial charge in [-0.05, 0) is 49.5 Å². The minimum absolute atomic E-state index is 0.507. The van der Waals surface area contributed by atoms with Crippen molar-refractivity contribution in [2.75, 3.05) is 33.0 Å². The highest BCUT2D eigenvalue weighted by Crippen LogP contribution is 2.27. The maximum absolute atomic E-state index is 8.31. The lowest BCUT2D eigenvalue weighted by Gasteiger charge is -2.14. The molecule has 0 spiro atoms. The van der Waals surface area contributed by atoms with Gasteiger partial charge in [0.1, 0.15) is 12.4 Å². The topological polar surface area (TPSA) is 80.2 Å². The minimum atomic E-state index is 0.507. The first-order valence-electron chi connectivity index (χ1n) is 8.84. The molecular formula is C21H25N5O. The van der Waals surface area contributed by atoms with Crippen molar-refractivity contribution in [1.29, 1.82) is 5.41 Å². The number of aromatic nitrogens is 2. The van der Waals surface area contributed by atoms with Crippen LogP contribution in [0, 0.1) is 5.41 Å². The summed E-state index contributed by atoms with van der Waals surface area (Å²) in [5.74, 6) is 0.814. The van der Waals surface area contributed by atoms with Gasteiger partial charge >= 0.3 is 0 Å². The van der Waals surface area contributed by atoms with Crippen LogP contribution in [0.25, 0.3) is 11.1 Å². The van der Waals surface area contributed by atoms with Crippen LogP contribution in [-0.2, 0) is 6.54 Å². The standard InChI is InChI=1S/C21H25N5O/c1-25(2)14-21(23)19-13-17(6-7-20(19)22)16-4-3-5-18(12-16)27-11-10-26-9-8-24-15-26/h3-9,12-13,15,23H,10-11,14,22H2,1-2H3. The monoisotopic (exact) mass is 363 g/mol. The van der Waals surface area contributed by atoms with Gasteiger partial charge in [-0.25, -0.2) is 4.98 Å². The Kier molecular flexibility index (Phi) is 5.88. The molecule has 1 aromatic heterocycles. The number of hydrogen-bond acceptors (Lipinski definition) is 5.